The van der Waals surface area contributed by atoms with Gasteiger partial charge < -0.3 is 19.7 Å². The molecule has 0 saturated heterocycles. The van der Waals surface area contributed by atoms with E-state index in [-0.39, 0.29) is 19.3 Å². The molecule has 12 heavy (non-hydrogen) atoms. The van der Waals surface area contributed by atoms with E-state index in [2.05, 4.69) is 9.05 Å². The average Bonchev–Trinajstić information content (AvgIpc) is 2.00. The van der Waals surface area contributed by atoms with Gasteiger partial charge in [0.2, 0.25) is 0 Å². The van der Waals surface area contributed by atoms with E-state index in [1.165, 1.54) is 0 Å². The Morgan fingerprint density at radius 2 is 2.17 bits per heavy atom. The molecule has 74 valence electrons. The Morgan fingerprint density at radius 3 is 2.58 bits per heavy atom. The van der Waals surface area contributed by atoms with E-state index < -0.39 is 7.82 Å². The van der Waals surface area contributed by atoms with Crippen LogP contribution in [0.5, 0.6) is 0 Å². The van der Waals surface area contributed by atoms with E-state index >= 15 is 0 Å². The van der Waals surface area contributed by atoms with Gasteiger partial charge in [-0.3, -0.25) is 4.57 Å². The molecule has 2 N–H and O–H groups in total. The second-order valence-corrected chi connectivity index (χ2v) is 3.96. The predicted octanol–water partition coefficient (Wildman–Crippen LogP) is 0.450. The lowest BCUT2D eigenvalue weighted by atomic mass is 10.1. The quantitative estimate of drug-likeness (QED) is 0.492. The highest BCUT2D eigenvalue weighted by Gasteiger charge is 2.09. The topological polar surface area (TPSA) is 84.6 Å². The number of phosphoric acid groups is 1. The first-order chi connectivity index (χ1) is 5.52. The van der Waals surface area contributed by atoms with Gasteiger partial charge in [-0.05, 0) is 5.92 Å². The summed E-state index contributed by atoms with van der Waals surface area (Å²) < 4.78 is 19.5. The van der Waals surface area contributed by atoms with Crippen LogP contribution in [0.25, 0.3) is 0 Å². The number of rotatable bonds is 6. The Labute approximate surface area is 72.5 Å². The Hall–Kier alpha value is 0.0700. The zero-order valence-electron chi connectivity index (χ0n) is 7.36. The van der Waals surface area contributed by atoms with Gasteiger partial charge in [-0.15, -0.1) is 0 Å². The molecule has 0 heterocycles. The molecule has 0 fully saturated rings. The van der Waals surface area contributed by atoms with Gasteiger partial charge in [0.1, 0.15) is 6.73 Å². The van der Waals surface area contributed by atoms with Crippen molar-refractivity contribution in [1.29, 1.82) is 0 Å². The Balaban J connectivity index is 3.67. The molecule has 6 heteroatoms. The summed E-state index contributed by atoms with van der Waals surface area (Å²) in [4.78, 5) is 10.8. The number of nitrogens with two attached hydrogens (primary N) is 1. The molecule has 0 amide bonds. The Bertz CT molecular complexity index is 164. The molecule has 0 aliphatic rings. The monoisotopic (exact) mass is 196 g/mol. The minimum Gasteiger partial charge on any atom is -0.756 e. The van der Waals surface area contributed by atoms with Gasteiger partial charge in [0.25, 0.3) is 7.82 Å². The van der Waals surface area contributed by atoms with E-state index in [4.69, 9.17) is 5.73 Å². The highest BCUT2D eigenvalue weighted by Crippen LogP contribution is 2.37. The van der Waals surface area contributed by atoms with Crippen molar-refractivity contribution in [3.63, 3.8) is 0 Å². The molecule has 0 aliphatic carbocycles. The molecule has 0 saturated carbocycles. The summed E-state index contributed by atoms with van der Waals surface area (Å²) in [6, 6.07) is 0. The van der Waals surface area contributed by atoms with Gasteiger partial charge in [-0.1, -0.05) is 20.3 Å². The first-order valence-corrected chi connectivity index (χ1v) is 5.28. The van der Waals surface area contributed by atoms with Crippen molar-refractivity contribution in [3.8, 4) is 0 Å². The van der Waals surface area contributed by atoms with Gasteiger partial charge in [0, 0.05) is 0 Å². The minimum absolute atomic E-state index is 0.150. The van der Waals surface area contributed by atoms with Crippen LogP contribution < -0.4 is 10.6 Å². The third-order valence-corrected chi connectivity index (χ3v) is 2.38. The van der Waals surface area contributed by atoms with Gasteiger partial charge in [-0.2, -0.15) is 0 Å². The first-order valence-electron chi connectivity index (χ1n) is 3.82. The Morgan fingerprint density at radius 1 is 1.58 bits per heavy atom. The van der Waals surface area contributed by atoms with Gasteiger partial charge in [0.15, 0.2) is 0 Å². The van der Waals surface area contributed by atoms with Crippen LogP contribution in [0.4, 0.5) is 0 Å². The average molecular weight is 196 g/mol. The van der Waals surface area contributed by atoms with Gasteiger partial charge in [0.05, 0.1) is 6.61 Å². The predicted molar refractivity (Wildman–Crippen MR) is 43.2 cm³/mol. The van der Waals surface area contributed by atoms with Crippen LogP contribution >= 0.6 is 7.82 Å². The highest BCUT2D eigenvalue weighted by molar-refractivity contribution is 7.45. The van der Waals surface area contributed by atoms with E-state index in [1.807, 2.05) is 13.8 Å². The summed E-state index contributed by atoms with van der Waals surface area (Å²) in [5.74, 6) is 0.202. The van der Waals surface area contributed by atoms with Crippen LogP contribution in [-0.2, 0) is 13.6 Å². The van der Waals surface area contributed by atoms with Crippen molar-refractivity contribution in [2.24, 2.45) is 11.7 Å². The van der Waals surface area contributed by atoms with Crippen LogP contribution in [0.3, 0.4) is 0 Å². The summed E-state index contributed by atoms with van der Waals surface area (Å²) in [5, 5.41) is 0. The second-order valence-electron chi connectivity index (χ2n) is 2.55. The maximum atomic E-state index is 10.8. The van der Waals surface area contributed by atoms with Crippen LogP contribution in [0, 0.1) is 5.92 Å². The zero-order valence-corrected chi connectivity index (χ0v) is 8.25. The van der Waals surface area contributed by atoms with E-state index in [0.29, 0.717) is 0 Å². The zero-order chi connectivity index (χ0) is 9.61. The molecule has 0 radical (unpaired) electrons. The second kappa shape index (κ2) is 5.67. The van der Waals surface area contributed by atoms with Crippen LogP contribution in [0.1, 0.15) is 20.3 Å². The van der Waals surface area contributed by atoms with E-state index in [0.717, 1.165) is 6.42 Å². The summed E-state index contributed by atoms with van der Waals surface area (Å²) in [6.07, 6.45) is 0.864. The molecular formula is C6H15NO4P-. The van der Waals surface area contributed by atoms with Gasteiger partial charge in [-0.25, -0.2) is 0 Å². The smallest absolute Gasteiger partial charge is 0.269 e. The Kier molecular flexibility index (Phi) is 5.70. The lowest BCUT2D eigenvalue weighted by Crippen LogP contribution is -2.15. The highest BCUT2D eigenvalue weighted by atomic mass is 31.2. The van der Waals surface area contributed by atoms with Crippen molar-refractivity contribution in [3.05, 3.63) is 0 Å². The number of phosphoric ester groups is 1. The number of hydrogen-bond donors (Lipinski definition) is 1. The molecule has 2 atom stereocenters. The third kappa shape index (κ3) is 5.69. The molecule has 0 aliphatic heterocycles. The fourth-order valence-electron chi connectivity index (χ4n) is 0.465. The first kappa shape index (κ1) is 12.1. The van der Waals surface area contributed by atoms with Crippen molar-refractivity contribution >= 4 is 7.82 Å². The molecule has 0 rings (SSSR count). The van der Waals surface area contributed by atoms with Crippen LogP contribution in [0.2, 0.25) is 0 Å². The molecular weight excluding hydrogens is 181 g/mol. The van der Waals surface area contributed by atoms with Crippen molar-refractivity contribution < 1.29 is 18.5 Å². The summed E-state index contributed by atoms with van der Waals surface area (Å²) >= 11 is 0. The molecule has 0 aromatic heterocycles. The summed E-state index contributed by atoms with van der Waals surface area (Å²) in [6.45, 7) is 3.62. The molecule has 0 spiro atoms. The van der Waals surface area contributed by atoms with Gasteiger partial charge >= 0.3 is 0 Å². The molecule has 0 aromatic carbocycles. The lowest BCUT2D eigenvalue weighted by molar-refractivity contribution is -0.226. The SMILES string of the molecule is CCC(C)COP(=O)([O-])OCN. The standard InChI is InChI=1S/C6H16NO4P/c1-3-6(2)4-10-12(8,9)11-5-7/h6H,3-5,7H2,1-2H3,(H,8,9)/p-1. The number of hydrogen-bond acceptors (Lipinski definition) is 5. The van der Waals surface area contributed by atoms with Crippen LogP contribution in [-0.4, -0.2) is 13.3 Å². The van der Waals surface area contributed by atoms with Crippen molar-refractivity contribution in [2.45, 2.75) is 20.3 Å². The van der Waals surface area contributed by atoms with Crippen molar-refractivity contribution in [2.75, 3.05) is 13.3 Å². The van der Waals surface area contributed by atoms with E-state index in [9.17, 15) is 9.46 Å². The summed E-state index contributed by atoms with van der Waals surface area (Å²) in [5.41, 5.74) is 4.88. The minimum atomic E-state index is -4.13. The summed E-state index contributed by atoms with van der Waals surface area (Å²) in [7, 11) is -4.13. The maximum absolute atomic E-state index is 10.8. The molecule has 2 unspecified atom stereocenters. The fraction of sp³-hybridized carbons (Fsp3) is 1.00. The lowest BCUT2D eigenvalue weighted by Gasteiger charge is -2.23. The maximum Gasteiger partial charge on any atom is 0.269 e. The van der Waals surface area contributed by atoms with Crippen molar-refractivity contribution in [1.82, 2.24) is 0 Å². The largest absolute Gasteiger partial charge is 0.756 e. The fourth-order valence-corrected chi connectivity index (χ4v) is 1.16. The normalized spacial score (nSPS) is 18.7. The van der Waals surface area contributed by atoms with Crippen LogP contribution in [0.15, 0.2) is 0 Å². The third-order valence-electron chi connectivity index (χ3n) is 1.45. The molecule has 0 bridgehead atoms. The molecule has 0 aromatic rings. The van der Waals surface area contributed by atoms with E-state index in [1.54, 1.807) is 0 Å². The molecule has 5 nitrogen and oxygen atoms in total.